The largest absolute Gasteiger partial charge is 0.452 e. The number of thiophene rings is 1. The molecule has 0 bridgehead atoms. The maximum Gasteiger partial charge on any atom is 0.180 e. The van der Waals surface area contributed by atoms with Crippen molar-refractivity contribution in [2.45, 2.75) is 0 Å². The number of hydrogen-bond acceptors (Lipinski definition) is 5. The summed E-state index contributed by atoms with van der Waals surface area (Å²) < 4.78 is 9.04. The Bertz CT molecular complexity index is 3300. The topological polar surface area (TPSA) is 42.2 Å². The fourth-order valence-corrected chi connectivity index (χ4v) is 9.47. The van der Waals surface area contributed by atoms with Gasteiger partial charge in [0.2, 0.25) is 0 Å². The van der Waals surface area contributed by atoms with E-state index in [4.69, 9.17) is 14.4 Å². The van der Waals surface area contributed by atoms with Gasteiger partial charge in [-0.3, -0.25) is 0 Å². The summed E-state index contributed by atoms with van der Waals surface area (Å²) >= 11 is 1.82. The van der Waals surface area contributed by atoms with Crippen LogP contribution in [0.3, 0.4) is 0 Å². The maximum atomic E-state index is 6.50. The van der Waals surface area contributed by atoms with Gasteiger partial charge in [0.1, 0.15) is 16.8 Å². The lowest BCUT2D eigenvalue weighted by atomic mass is 9.88. The Kier molecular flexibility index (Phi) is 5.90. The Morgan fingerprint density at radius 1 is 0.509 bits per heavy atom. The zero-order chi connectivity index (χ0) is 34.6. The fourth-order valence-electron chi connectivity index (χ4n) is 8.38. The molecule has 8 aromatic carbocycles. The molecule has 0 spiro atoms. The maximum absolute atomic E-state index is 6.50. The van der Waals surface area contributed by atoms with Gasteiger partial charge in [-0.15, -0.1) is 11.3 Å². The Balaban J connectivity index is 1.05. The lowest BCUT2D eigenvalue weighted by molar-refractivity contribution is 0.667. The monoisotopic (exact) mass is 693 g/mol. The number of furan rings is 1. The summed E-state index contributed by atoms with van der Waals surface area (Å²) in [5, 5.41) is 8.40. The van der Waals surface area contributed by atoms with Crippen molar-refractivity contribution in [3.63, 3.8) is 0 Å². The summed E-state index contributed by atoms with van der Waals surface area (Å²) in [7, 11) is 0. The van der Waals surface area contributed by atoms with Crippen molar-refractivity contribution in [1.29, 1.82) is 0 Å². The second kappa shape index (κ2) is 10.8. The molecule has 0 fully saturated rings. The van der Waals surface area contributed by atoms with E-state index in [1.165, 1.54) is 64.2 Å². The lowest BCUT2D eigenvalue weighted by Crippen LogP contribution is -2.15. The summed E-state index contributed by atoms with van der Waals surface area (Å²) in [5.41, 5.74) is 11.0. The van der Waals surface area contributed by atoms with Gasteiger partial charge in [0, 0.05) is 58.7 Å². The standard InChI is InChI=1S/C48H27N3OS/c1-2-12-33-28(9-1)21-25-36-35-15-7-10-29-11-8-16-39(43(29)35)51(46(33)36)32-23-19-30(20-24-32)48-49-44(47-45(50-48)37-14-3-5-17-40(37)52-47)31-22-26-42-38(27-31)34-13-4-6-18-41(34)53-42/h1-27H. The van der Waals surface area contributed by atoms with Gasteiger partial charge >= 0.3 is 0 Å². The van der Waals surface area contributed by atoms with Crippen LogP contribution in [0.2, 0.25) is 0 Å². The van der Waals surface area contributed by atoms with Crippen LogP contribution >= 0.6 is 11.3 Å². The number of para-hydroxylation sites is 1. The first-order valence-electron chi connectivity index (χ1n) is 17.8. The van der Waals surface area contributed by atoms with Gasteiger partial charge < -0.3 is 9.32 Å². The van der Waals surface area contributed by atoms with E-state index in [-0.39, 0.29) is 0 Å². The lowest BCUT2D eigenvalue weighted by Gasteiger charge is -2.34. The van der Waals surface area contributed by atoms with Crippen LogP contribution in [-0.4, -0.2) is 9.97 Å². The first kappa shape index (κ1) is 28.8. The van der Waals surface area contributed by atoms with E-state index in [9.17, 15) is 0 Å². The van der Waals surface area contributed by atoms with Crippen LogP contribution in [0.1, 0.15) is 0 Å². The molecule has 1 aliphatic rings. The minimum Gasteiger partial charge on any atom is -0.452 e. The molecule has 4 heterocycles. The van der Waals surface area contributed by atoms with E-state index in [1.54, 1.807) is 0 Å². The average molecular weight is 694 g/mol. The van der Waals surface area contributed by atoms with Gasteiger partial charge in [-0.2, -0.15) is 0 Å². The number of anilines is 3. The zero-order valence-electron chi connectivity index (χ0n) is 28.2. The molecule has 11 aromatic rings. The van der Waals surface area contributed by atoms with E-state index in [2.05, 4.69) is 150 Å². The molecular formula is C48H27N3OS. The van der Waals surface area contributed by atoms with Crippen molar-refractivity contribution in [3.8, 4) is 33.8 Å². The second-order valence-electron chi connectivity index (χ2n) is 13.7. The SMILES string of the molecule is c1ccc2c3c(ccc2c1)-c1cccc2cccc(c12)N3c1ccc(-c2nc(-c3ccc4sc5ccccc5c4c3)c3oc4ccccc4c3n2)cc1. The quantitative estimate of drug-likeness (QED) is 0.185. The van der Waals surface area contributed by atoms with Gasteiger partial charge in [-0.05, 0) is 77.0 Å². The van der Waals surface area contributed by atoms with Crippen molar-refractivity contribution in [3.05, 3.63) is 164 Å². The van der Waals surface area contributed by atoms with Crippen LogP contribution in [0, 0.1) is 0 Å². The molecule has 246 valence electrons. The molecule has 0 N–H and O–H groups in total. The molecule has 12 rings (SSSR count). The predicted molar refractivity (Wildman–Crippen MR) is 222 cm³/mol. The number of benzene rings is 8. The Labute approximate surface area is 307 Å². The highest BCUT2D eigenvalue weighted by atomic mass is 32.1. The van der Waals surface area contributed by atoms with Gasteiger partial charge in [0.25, 0.3) is 0 Å². The van der Waals surface area contributed by atoms with E-state index < -0.39 is 0 Å². The summed E-state index contributed by atoms with van der Waals surface area (Å²) in [4.78, 5) is 12.9. The zero-order valence-corrected chi connectivity index (χ0v) is 29.1. The van der Waals surface area contributed by atoms with Crippen molar-refractivity contribution < 1.29 is 4.42 Å². The molecule has 0 radical (unpaired) electrons. The first-order chi connectivity index (χ1) is 26.3. The molecule has 4 nitrogen and oxygen atoms in total. The number of rotatable bonds is 3. The molecule has 1 aliphatic heterocycles. The van der Waals surface area contributed by atoms with Gasteiger partial charge in [-0.25, -0.2) is 9.97 Å². The van der Waals surface area contributed by atoms with Gasteiger partial charge in [0.05, 0.1) is 11.4 Å². The van der Waals surface area contributed by atoms with Crippen molar-refractivity contribution in [2.24, 2.45) is 0 Å². The molecule has 0 unspecified atom stereocenters. The van der Waals surface area contributed by atoms with Crippen LogP contribution < -0.4 is 4.90 Å². The van der Waals surface area contributed by atoms with Gasteiger partial charge in [0.15, 0.2) is 11.4 Å². The molecule has 0 saturated heterocycles. The van der Waals surface area contributed by atoms with Crippen molar-refractivity contribution >= 4 is 92.2 Å². The third-order valence-electron chi connectivity index (χ3n) is 10.8. The fraction of sp³-hybridized carbons (Fsp3) is 0. The van der Waals surface area contributed by atoms with Crippen molar-refractivity contribution in [2.75, 3.05) is 4.90 Å². The molecular weight excluding hydrogens is 667 g/mol. The molecule has 53 heavy (non-hydrogen) atoms. The summed E-state index contributed by atoms with van der Waals surface area (Å²) in [5.74, 6) is 0.665. The molecule has 0 aliphatic carbocycles. The third kappa shape index (κ3) is 4.17. The van der Waals surface area contributed by atoms with Crippen LogP contribution in [0.4, 0.5) is 17.1 Å². The van der Waals surface area contributed by atoms with E-state index in [1.807, 2.05) is 29.5 Å². The summed E-state index contributed by atoms with van der Waals surface area (Å²) in [6, 6.07) is 58.5. The molecule has 5 heteroatoms. The highest BCUT2D eigenvalue weighted by Gasteiger charge is 2.28. The van der Waals surface area contributed by atoms with Crippen LogP contribution in [0.25, 0.3) is 97.6 Å². The van der Waals surface area contributed by atoms with E-state index in [0.717, 1.165) is 39.0 Å². The van der Waals surface area contributed by atoms with Crippen molar-refractivity contribution in [1.82, 2.24) is 9.97 Å². The molecule has 3 aromatic heterocycles. The van der Waals surface area contributed by atoms with Crippen LogP contribution in [0.5, 0.6) is 0 Å². The van der Waals surface area contributed by atoms with Gasteiger partial charge in [-0.1, -0.05) is 103 Å². The number of nitrogens with zero attached hydrogens (tertiary/aromatic N) is 3. The highest BCUT2D eigenvalue weighted by molar-refractivity contribution is 7.25. The number of aromatic nitrogens is 2. The summed E-state index contributed by atoms with van der Waals surface area (Å²) in [6.07, 6.45) is 0. The van der Waals surface area contributed by atoms with Crippen LogP contribution in [0.15, 0.2) is 168 Å². The minimum absolute atomic E-state index is 0.665. The Morgan fingerprint density at radius 3 is 2.15 bits per heavy atom. The minimum atomic E-state index is 0.665. The normalized spacial score (nSPS) is 12.5. The molecule has 0 saturated carbocycles. The first-order valence-corrected chi connectivity index (χ1v) is 18.6. The second-order valence-corrected chi connectivity index (χ2v) is 14.8. The molecule has 0 atom stereocenters. The average Bonchev–Trinajstić information content (AvgIpc) is 3.79. The Morgan fingerprint density at radius 2 is 1.25 bits per heavy atom. The highest BCUT2D eigenvalue weighted by Crippen LogP contribution is 2.53. The Hall–Kier alpha value is -6.82. The third-order valence-corrected chi connectivity index (χ3v) is 11.9. The molecule has 0 amide bonds. The van der Waals surface area contributed by atoms with E-state index >= 15 is 0 Å². The van der Waals surface area contributed by atoms with E-state index in [0.29, 0.717) is 11.4 Å². The van der Waals surface area contributed by atoms with Crippen LogP contribution in [-0.2, 0) is 0 Å². The number of hydrogen-bond donors (Lipinski definition) is 0. The smallest absolute Gasteiger partial charge is 0.180 e. The number of fused-ring (bicyclic) bond motifs is 10. The predicted octanol–water partition coefficient (Wildman–Crippen LogP) is 13.8. The summed E-state index contributed by atoms with van der Waals surface area (Å²) in [6.45, 7) is 0.